The van der Waals surface area contributed by atoms with Crippen LogP contribution in [0, 0.1) is 0 Å². The molecule has 1 aromatic rings. The molecule has 1 atom stereocenters. The molecular weight excluding hydrogens is 255 g/mol. The van der Waals surface area contributed by atoms with Crippen LogP contribution in [-0.2, 0) is 18.4 Å². The summed E-state index contributed by atoms with van der Waals surface area (Å²) in [5, 5.41) is 0. The first kappa shape index (κ1) is 14.5. The van der Waals surface area contributed by atoms with E-state index in [1.807, 2.05) is 0 Å². The van der Waals surface area contributed by atoms with E-state index in [1.165, 1.54) is 6.92 Å². The van der Waals surface area contributed by atoms with Crippen LogP contribution in [-0.4, -0.2) is 12.6 Å². The highest BCUT2D eigenvalue weighted by molar-refractivity contribution is 7.49. The van der Waals surface area contributed by atoms with Gasteiger partial charge >= 0.3 is 15.2 Å². The Morgan fingerprint density at radius 1 is 1.39 bits per heavy atom. The van der Waals surface area contributed by atoms with Crippen LogP contribution in [0.15, 0.2) is 42.5 Å². The third kappa shape index (κ3) is 4.35. The smallest absolute Gasteiger partial charge is 0.395 e. The number of rotatable bonds is 6. The Morgan fingerprint density at radius 2 is 2.00 bits per heavy atom. The highest BCUT2D eigenvalue weighted by Crippen LogP contribution is 2.49. The van der Waals surface area contributed by atoms with Gasteiger partial charge in [-0.25, -0.2) is 9.36 Å². The summed E-state index contributed by atoms with van der Waals surface area (Å²) < 4.78 is 26.9. The number of carbonyl (C=O) groups is 1. The molecule has 0 N–H and O–H groups in total. The molecule has 6 heteroatoms. The van der Waals surface area contributed by atoms with Crippen molar-refractivity contribution in [2.24, 2.45) is 0 Å². The van der Waals surface area contributed by atoms with Crippen molar-refractivity contribution in [3.63, 3.8) is 0 Å². The Bertz CT molecular complexity index is 474. The lowest BCUT2D eigenvalue weighted by atomic mass is 10.3. The molecular formula is C12H16O5P+. The van der Waals surface area contributed by atoms with Crippen LogP contribution >= 0.6 is 7.82 Å². The Morgan fingerprint density at radius 3 is 2.50 bits per heavy atom. The fourth-order valence-electron chi connectivity index (χ4n) is 1.02. The SMILES string of the molecule is C=C(C)C(=O)OP(=O)(OCC)Oc1ccccc1.[H+]. The Kier molecular flexibility index (Phi) is 5.13. The molecule has 0 radical (unpaired) electrons. The molecule has 0 aliphatic carbocycles. The molecule has 98 valence electrons. The third-order valence-electron chi connectivity index (χ3n) is 1.79. The van der Waals surface area contributed by atoms with Crippen molar-refractivity contribution in [1.29, 1.82) is 0 Å². The first-order valence-electron chi connectivity index (χ1n) is 5.35. The fourth-order valence-corrected chi connectivity index (χ4v) is 2.22. The van der Waals surface area contributed by atoms with Crippen molar-refractivity contribution in [1.82, 2.24) is 0 Å². The van der Waals surface area contributed by atoms with E-state index in [0.717, 1.165) is 0 Å². The summed E-state index contributed by atoms with van der Waals surface area (Å²) in [6.45, 7) is 6.56. The molecule has 0 spiro atoms. The van der Waals surface area contributed by atoms with Crippen LogP contribution in [0.2, 0.25) is 0 Å². The Balaban J connectivity index is 0.00000324. The van der Waals surface area contributed by atoms with E-state index in [-0.39, 0.29) is 13.6 Å². The molecule has 0 aromatic heterocycles. The lowest BCUT2D eigenvalue weighted by Crippen LogP contribution is -2.09. The van der Waals surface area contributed by atoms with Crippen molar-refractivity contribution in [3.05, 3.63) is 42.5 Å². The first-order chi connectivity index (χ1) is 8.47. The second-order valence-corrected chi connectivity index (χ2v) is 4.95. The average Bonchev–Trinajstić information content (AvgIpc) is 2.29. The van der Waals surface area contributed by atoms with E-state index in [4.69, 9.17) is 13.6 Å². The minimum absolute atomic E-state index is 0. The number of hydrogen-bond acceptors (Lipinski definition) is 5. The summed E-state index contributed by atoms with van der Waals surface area (Å²) >= 11 is 0. The van der Waals surface area contributed by atoms with Gasteiger partial charge in [0.15, 0.2) is 0 Å². The average molecular weight is 271 g/mol. The van der Waals surface area contributed by atoms with Crippen molar-refractivity contribution in [2.75, 3.05) is 6.61 Å². The van der Waals surface area contributed by atoms with E-state index in [9.17, 15) is 9.36 Å². The third-order valence-corrected chi connectivity index (χ3v) is 3.19. The lowest BCUT2D eigenvalue weighted by Gasteiger charge is -2.17. The van der Waals surface area contributed by atoms with Gasteiger partial charge in [-0.05, 0) is 26.0 Å². The van der Waals surface area contributed by atoms with Gasteiger partial charge in [-0.3, -0.25) is 4.52 Å². The van der Waals surface area contributed by atoms with E-state index < -0.39 is 13.8 Å². The number of phosphoric acid groups is 1. The summed E-state index contributed by atoms with van der Waals surface area (Å²) in [4.78, 5) is 11.4. The van der Waals surface area contributed by atoms with Crippen molar-refractivity contribution in [3.8, 4) is 5.75 Å². The lowest BCUT2D eigenvalue weighted by molar-refractivity contribution is -0.131. The quantitative estimate of drug-likeness (QED) is 0.585. The fraction of sp³-hybridized carbons (Fsp3) is 0.250. The zero-order valence-corrected chi connectivity index (χ0v) is 11.2. The minimum Gasteiger partial charge on any atom is -0.395 e. The maximum atomic E-state index is 12.2. The van der Waals surface area contributed by atoms with Gasteiger partial charge in [0.05, 0.1) is 6.61 Å². The summed E-state index contributed by atoms with van der Waals surface area (Å²) in [5.41, 5.74) is 0.117. The Labute approximate surface area is 107 Å². The summed E-state index contributed by atoms with van der Waals surface area (Å²) in [7, 11) is -3.96. The standard InChI is InChI=1S/C12H15O5P/c1-4-15-18(14,17-12(13)10(2)3)16-11-8-6-5-7-9-11/h5-9H,2,4H2,1,3H3/p+1. The number of para-hydroxylation sites is 1. The monoisotopic (exact) mass is 271 g/mol. The predicted molar refractivity (Wildman–Crippen MR) is 68.3 cm³/mol. The molecule has 1 rings (SSSR count). The molecule has 1 unspecified atom stereocenters. The van der Waals surface area contributed by atoms with Crippen LogP contribution in [0.5, 0.6) is 5.75 Å². The molecule has 5 nitrogen and oxygen atoms in total. The molecule has 18 heavy (non-hydrogen) atoms. The maximum absolute atomic E-state index is 12.2. The largest absolute Gasteiger partial charge is 1.00 e. The van der Waals surface area contributed by atoms with Crippen LogP contribution in [0.3, 0.4) is 0 Å². The molecule has 1 aromatic carbocycles. The summed E-state index contributed by atoms with van der Waals surface area (Å²) in [5.74, 6) is -0.522. The molecule has 0 saturated heterocycles. The highest BCUT2D eigenvalue weighted by Gasteiger charge is 2.32. The van der Waals surface area contributed by atoms with Gasteiger partial charge in [0.1, 0.15) is 5.75 Å². The summed E-state index contributed by atoms with van der Waals surface area (Å²) in [6, 6.07) is 8.34. The molecule has 0 bridgehead atoms. The van der Waals surface area contributed by atoms with Crippen LogP contribution in [0.25, 0.3) is 0 Å². The van der Waals surface area contributed by atoms with E-state index >= 15 is 0 Å². The van der Waals surface area contributed by atoms with Gasteiger partial charge in [-0.15, -0.1) is 0 Å². The minimum atomic E-state index is -3.96. The number of carbonyl (C=O) groups excluding carboxylic acids is 1. The highest BCUT2D eigenvalue weighted by atomic mass is 31.2. The zero-order valence-electron chi connectivity index (χ0n) is 11.3. The first-order valence-corrected chi connectivity index (χ1v) is 6.81. The van der Waals surface area contributed by atoms with Crippen LogP contribution in [0.1, 0.15) is 15.3 Å². The molecule has 0 aliphatic rings. The van der Waals surface area contributed by atoms with Gasteiger partial charge in [0.2, 0.25) is 0 Å². The predicted octanol–water partition coefficient (Wildman–Crippen LogP) is 3.44. The van der Waals surface area contributed by atoms with Gasteiger partial charge in [-0.1, -0.05) is 24.8 Å². The van der Waals surface area contributed by atoms with Crippen LogP contribution in [0.4, 0.5) is 0 Å². The van der Waals surface area contributed by atoms with Gasteiger partial charge in [0, 0.05) is 5.57 Å². The number of phosphoric ester groups is 1. The normalized spacial score (nSPS) is 13.4. The van der Waals surface area contributed by atoms with Crippen molar-refractivity contribution in [2.45, 2.75) is 13.8 Å². The molecule has 0 amide bonds. The molecule has 0 fully saturated rings. The Hall–Kier alpha value is -1.58. The second-order valence-electron chi connectivity index (χ2n) is 3.43. The van der Waals surface area contributed by atoms with Crippen LogP contribution < -0.4 is 4.52 Å². The second kappa shape index (κ2) is 6.38. The summed E-state index contributed by atoms with van der Waals surface area (Å²) in [6.07, 6.45) is 0. The molecule has 0 saturated carbocycles. The zero-order chi connectivity index (χ0) is 13.6. The van der Waals surface area contributed by atoms with Crippen molar-refractivity contribution >= 4 is 13.8 Å². The van der Waals surface area contributed by atoms with E-state index in [2.05, 4.69) is 6.58 Å². The van der Waals surface area contributed by atoms with Gasteiger partial charge in [0.25, 0.3) is 0 Å². The molecule has 0 heterocycles. The van der Waals surface area contributed by atoms with Crippen molar-refractivity contribution < 1.29 is 24.4 Å². The number of benzene rings is 1. The van der Waals surface area contributed by atoms with Gasteiger partial charge < -0.3 is 9.05 Å². The topological polar surface area (TPSA) is 61.8 Å². The maximum Gasteiger partial charge on any atom is 1.00 e. The molecule has 0 aliphatic heterocycles. The van der Waals surface area contributed by atoms with Gasteiger partial charge in [-0.2, -0.15) is 0 Å². The van der Waals surface area contributed by atoms with E-state index in [1.54, 1.807) is 37.3 Å². The number of hydrogen-bond donors (Lipinski definition) is 0. The van der Waals surface area contributed by atoms with E-state index in [0.29, 0.717) is 5.75 Å².